The highest BCUT2D eigenvalue weighted by atomic mass is 15.6. The van der Waals surface area contributed by atoms with E-state index in [1.807, 2.05) is 17.1 Å². The van der Waals surface area contributed by atoms with Gasteiger partial charge in [0.2, 0.25) is 0 Å². The Hall–Kier alpha value is -1.45. The van der Waals surface area contributed by atoms with Crippen LogP contribution in [-0.2, 0) is 0 Å². The summed E-state index contributed by atoms with van der Waals surface area (Å²) < 4.78 is 0. The summed E-state index contributed by atoms with van der Waals surface area (Å²) in [5, 5.41) is 9.67. The molecule has 56 valence electrons. The standard InChI is InChI=1S/C7H8N4/c1-3-8-4-2-7(1)11-6-5-9-10-11/h1-4H,5-6H2. The number of nitrogens with zero attached hydrogens (tertiary/aromatic N) is 4. The smallest absolute Gasteiger partial charge is 0.0817 e. The number of hydrogen-bond donors (Lipinski definition) is 0. The van der Waals surface area contributed by atoms with E-state index in [1.54, 1.807) is 12.4 Å². The molecule has 1 aromatic heterocycles. The molecule has 0 saturated heterocycles. The zero-order valence-electron chi connectivity index (χ0n) is 6.01. The molecule has 0 amide bonds. The van der Waals surface area contributed by atoms with Gasteiger partial charge in [-0.1, -0.05) is 5.22 Å². The molecule has 0 fully saturated rings. The summed E-state index contributed by atoms with van der Waals surface area (Å²) in [7, 11) is 0. The summed E-state index contributed by atoms with van der Waals surface area (Å²) in [5.74, 6) is 0. The zero-order valence-corrected chi connectivity index (χ0v) is 6.01. The Morgan fingerprint density at radius 3 is 2.73 bits per heavy atom. The highest BCUT2D eigenvalue weighted by Crippen LogP contribution is 2.14. The van der Waals surface area contributed by atoms with Crippen LogP contribution in [0.5, 0.6) is 0 Å². The Kier molecular flexibility index (Phi) is 1.51. The Balaban J connectivity index is 2.23. The summed E-state index contributed by atoms with van der Waals surface area (Å²) >= 11 is 0. The molecule has 1 aliphatic rings. The van der Waals surface area contributed by atoms with Gasteiger partial charge in [-0.3, -0.25) is 4.98 Å². The topological polar surface area (TPSA) is 40.9 Å². The van der Waals surface area contributed by atoms with Crippen LogP contribution in [0.1, 0.15) is 0 Å². The lowest BCUT2D eigenvalue weighted by Crippen LogP contribution is -2.13. The second kappa shape index (κ2) is 2.65. The van der Waals surface area contributed by atoms with Crippen LogP contribution >= 0.6 is 0 Å². The maximum absolute atomic E-state index is 3.94. The third-order valence-electron chi connectivity index (χ3n) is 1.54. The number of rotatable bonds is 1. The molecule has 0 aromatic carbocycles. The second-order valence-electron chi connectivity index (χ2n) is 2.28. The van der Waals surface area contributed by atoms with Gasteiger partial charge in [0.05, 0.1) is 18.8 Å². The molecular weight excluding hydrogens is 140 g/mol. The minimum absolute atomic E-state index is 0.794. The third-order valence-corrected chi connectivity index (χ3v) is 1.54. The number of aromatic nitrogens is 1. The van der Waals surface area contributed by atoms with E-state index in [-0.39, 0.29) is 0 Å². The number of anilines is 1. The van der Waals surface area contributed by atoms with Gasteiger partial charge in [-0.25, -0.2) is 5.01 Å². The van der Waals surface area contributed by atoms with Crippen molar-refractivity contribution in [2.24, 2.45) is 10.3 Å². The molecule has 0 saturated carbocycles. The summed E-state index contributed by atoms with van der Waals surface area (Å²) in [6, 6.07) is 3.84. The van der Waals surface area contributed by atoms with Crippen LogP contribution in [0.3, 0.4) is 0 Å². The predicted molar refractivity (Wildman–Crippen MR) is 41.3 cm³/mol. The third kappa shape index (κ3) is 1.19. The van der Waals surface area contributed by atoms with Crippen LogP contribution < -0.4 is 5.01 Å². The Morgan fingerprint density at radius 2 is 2.09 bits per heavy atom. The highest BCUT2D eigenvalue weighted by Gasteiger charge is 2.07. The Morgan fingerprint density at radius 1 is 1.27 bits per heavy atom. The van der Waals surface area contributed by atoms with Crippen molar-refractivity contribution in [2.75, 3.05) is 18.1 Å². The summed E-state index contributed by atoms with van der Waals surface area (Å²) in [5.41, 5.74) is 1.06. The van der Waals surface area contributed by atoms with Gasteiger partial charge in [-0.05, 0) is 12.1 Å². The highest BCUT2D eigenvalue weighted by molar-refractivity contribution is 5.43. The summed E-state index contributed by atoms with van der Waals surface area (Å²) in [6.45, 7) is 1.67. The molecule has 0 atom stereocenters. The molecule has 0 aliphatic carbocycles. The molecule has 4 nitrogen and oxygen atoms in total. The number of hydrogen-bond acceptors (Lipinski definition) is 4. The Labute approximate surface area is 64.6 Å². The van der Waals surface area contributed by atoms with E-state index in [1.165, 1.54) is 0 Å². The molecule has 0 radical (unpaired) electrons. The molecule has 2 rings (SSSR count). The molecule has 0 N–H and O–H groups in total. The molecule has 4 heteroatoms. The second-order valence-corrected chi connectivity index (χ2v) is 2.28. The van der Waals surface area contributed by atoms with Crippen LogP contribution in [-0.4, -0.2) is 18.1 Å². The first-order valence-corrected chi connectivity index (χ1v) is 3.52. The van der Waals surface area contributed by atoms with Crippen molar-refractivity contribution in [2.45, 2.75) is 0 Å². The fourth-order valence-corrected chi connectivity index (χ4v) is 1.00. The normalized spacial score (nSPS) is 15.8. The van der Waals surface area contributed by atoms with Crippen molar-refractivity contribution in [3.05, 3.63) is 24.5 Å². The van der Waals surface area contributed by atoms with Gasteiger partial charge in [-0.2, -0.15) is 5.11 Å². The van der Waals surface area contributed by atoms with E-state index in [0.717, 1.165) is 18.8 Å². The van der Waals surface area contributed by atoms with Crippen molar-refractivity contribution < 1.29 is 0 Å². The van der Waals surface area contributed by atoms with Gasteiger partial charge in [0.1, 0.15) is 0 Å². The first-order valence-electron chi connectivity index (χ1n) is 3.52. The van der Waals surface area contributed by atoms with E-state index < -0.39 is 0 Å². The van der Waals surface area contributed by atoms with Crippen LogP contribution in [0.2, 0.25) is 0 Å². The van der Waals surface area contributed by atoms with Crippen molar-refractivity contribution >= 4 is 5.69 Å². The fourth-order valence-electron chi connectivity index (χ4n) is 1.00. The largest absolute Gasteiger partial charge is 0.265 e. The summed E-state index contributed by atoms with van der Waals surface area (Å²) in [6.07, 6.45) is 3.51. The van der Waals surface area contributed by atoms with Crippen molar-refractivity contribution in [1.82, 2.24) is 4.98 Å². The van der Waals surface area contributed by atoms with Gasteiger partial charge in [0, 0.05) is 12.4 Å². The lowest BCUT2D eigenvalue weighted by atomic mass is 10.4. The molecule has 1 aliphatic heterocycles. The molecule has 0 bridgehead atoms. The van der Waals surface area contributed by atoms with Gasteiger partial charge in [-0.15, -0.1) is 0 Å². The molecule has 2 heterocycles. The van der Waals surface area contributed by atoms with E-state index in [0.29, 0.717) is 0 Å². The minimum Gasteiger partial charge on any atom is -0.265 e. The van der Waals surface area contributed by atoms with E-state index >= 15 is 0 Å². The molecule has 1 aromatic rings. The van der Waals surface area contributed by atoms with E-state index in [2.05, 4.69) is 15.3 Å². The average molecular weight is 148 g/mol. The predicted octanol–water partition coefficient (Wildman–Crippen LogP) is 1.27. The lowest BCUT2D eigenvalue weighted by molar-refractivity contribution is 0.941. The van der Waals surface area contributed by atoms with Gasteiger partial charge >= 0.3 is 0 Å². The summed E-state index contributed by atoms with van der Waals surface area (Å²) in [4.78, 5) is 3.92. The van der Waals surface area contributed by atoms with Crippen LogP contribution in [0.4, 0.5) is 5.69 Å². The van der Waals surface area contributed by atoms with Gasteiger partial charge in [0.25, 0.3) is 0 Å². The number of pyridine rings is 1. The fraction of sp³-hybridized carbons (Fsp3) is 0.286. The quantitative estimate of drug-likeness (QED) is 0.601. The molecule has 0 spiro atoms. The molecule has 0 unspecified atom stereocenters. The van der Waals surface area contributed by atoms with Crippen molar-refractivity contribution in [3.8, 4) is 0 Å². The maximum Gasteiger partial charge on any atom is 0.0817 e. The SMILES string of the molecule is c1cc(N2CCN=N2)ccn1. The van der Waals surface area contributed by atoms with Crippen molar-refractivity contribution in [1.29, 1.82) is 0 Å². The Bertz CT molecular complexity index is 256. The minimum atomic E-state index is 0.794. The van der Waals surface area contributed by atoms with Gasteiger partial charge in [0.15, 0.2) is 0 Å². The van der Waals surface area contributed by atoms with Crippen molar-refractivity contribution in [3.63, 3.8) is 0 Å². The zero-order chi connectivity index (χ0) is 7.52. The van der Waals surface area contributed by atoms with Gasteiger partial charge < -0.3 is 0 Å². The van der Waals surface area contributed by atoms with Crippen LogP contribution in [0, 0.1) is 0 Å². The first-order chi connectivity index (χ1) is 5.47. The molecular formula is C7H8N4. The van der Waals surface area contributed by atoms with E-state index in [9.17, 15) is 0 Å². The molecule has 11 heavy (non-hydrogen) atoms. The first kappa shape index (κ1) is 6.27. The lowest BCUT2D eigenvalue weighted by Gasteiger charge is -2.09. The van der Waals surface area contributed by atoms with Crippen LogP contribution in [0.15, 0.2) is 34.9 Å². The van der Waals surface area contributed by atoms with Crippen LogP contribution in [0.25, 0.3) is 0 Å². The monoisotopic (exact) mass is 148 g/mol. The van der Waals surface area contributed by atoms with E-state index in [4.69, 9.17) is 0 Å². The average Bonchev–Trinajstić information content (AvgIpc) is 2.58. The maximum atomic E-state index is 3.94.